The third kappa shape index (κ3) is 6.14. The Morgan fingerprint density at radius 2 is 2.25 bits per heavy atom. The van der Waals surface area contributed by atoms with Crippen molar-refractivity contribution in [1.82, 2.24) is 5.15 Å². The van der Waals surface area contributed by atoms with E-state index in [-0.39, 0.29) is 9.68 Å². The fourth-order valence-corrected chi connectivity index (χ4v) is 1.27. The predicted octanol–water partition coefficient (Wildman–Crippen LogP) is 0.440. The summed E-state index contributed by atoms with van der Waals surface area (Å²) in [4.78, 5) is 4.95. The molecule has 2 nitrogen and oxygen atoms in total. The molecule has 0 saturated carbocycles. The Balaban J connectivity index is 2.53. The highest BCUT2D eigenvalue weighted by Gasteiger charge is 1.82. The van der Waals surface area contributed by atoms with Gasteiger partial charge < -0.3 is 4.84 Å². The van der Waals surface area contributed by atoms with Crippen LogP contribution in [-0.2, 0) is 4.84 Å². The largest absolute Gasteiger partial charge is 0.310 e. The quantitative estimate of drug-likeness (QED) is 0.334. The molecule has 0 atom stereocenters. The molecule has 50 valence electrons. The van der Waals surface area contributed by atoms with Crippen LogP contribution in [0, 0.1) is 0 Å². The summed E-state index contributed by atoms with van der Waals surface area (Å²) in [5.41, 5.74) is 0. The first kappa shape index (κ1) is 8.14. The molecule has 0 rings (SSSR count). The molecule has 0 saturated heterocycles. The van der Waals surface area contributed by atoms with E-state index < -0.39 is 0 Å². The summed E-state index contributed by atoms with van der Waals surface area (Å²) >= 11 is 0. The Labute approximate surface area is 53.5 Å². The minimum Gasteiger partial charge on any atom is -0.310 e. The molecule has 3 heteroatoms. The van der Waals surface area contributed by atoms with Crippen molar-refractivity contribution in [3.8, 4) is 0 Å². The van der Waals surface area contributed by atoms with Gasteiger partial charge in [0.25, 0.3) is 0 Å². The van der Waals surface area contributed by atoms with Gasteiger partial charge in [-0.05, 0) is 13.0 Å². The van der Waals surface area contributed by atoms with E-state index >= 15 is 0 Å². The maximum absolute atomic E-state index is 4.95. The van der Waals surface area contributed by atoms with E-state index in [0.29, 0.717) is 0 Å². The highest BCUT2D eigenvalue weighted by molar-refractivity contribution is 6.31. The van der Waals surface area contributed by atoms with Crippen LogP contribution >= 0.6 is 0 Å². The third-order valence-electron chi connectivity index (χ3n) is 0.879. The van der Waals surface area contributed by atoms with E-state index in [1.165, 1.54) is 12.5 Å². The van der Waals surface area contributed by atoms with Crippen LogP contribution in [0.15, 0.2) is 0 Å². The van der Waals surface area contributed by atoms with Gasteiger partial charge in [0.1, 0.15) is 9.68 Å². The summed E-state index contributed by atoms with van der Waals surface area (Å²) in [7, 11) is -0.0719. The van der Waals surface area contributed by atoms with Crippen molar-refractivity contribution in [2.75, 3.05) is 6.61 Å². The van der Waals surface area contributed by atoms with Crippen LogP contribution in [0.4, 0.5) is 0 Å². The molecule has 0 aliphatic heterocycles. The van der Waals surface area contributed by atoms with E-state index in [2.05, 4.69) is 12.1 Å². The smallest absolute Gasteiger partial charge is 0.125 e. The second-order valence-corrected chi connectivity index (χ2v) is 3.18. The molecule has 0 spiro atoms. The van der Waals surface area contributed by atoms with Gasteiger partial charge in [-0.25, -0.2) is 5.15 Å². The zero-order valence-corrected chi connectivity index (χ0v) is 7.15. The van der Waals surface area contributed by atoms with Gasteiger partial charge >= 0.3 is 0 Å². The molecular formula is C5H15NOSi. The minimum absolute atomic E-state index is 0.0719. The SMILES string of the molecule is CCC[SiH2]NOCC. The van der Waals surface area contributed by atoms with Gasteiger partial charge in [0.15, 0.2) is 0 Å². The van der Waals surface area contributed by atoms with Crippen LogP contribution in [0.1, 0.15) is 20.3 Å². The first-order chi connectivity index (χ1) is 3.91. The minimum atomic E-state index is -0.0719. The van der Waals surface area contributed by atoms with Crippen LogP contribution in [0.25, 0.3) is 0 Å². The van der Waals surface area contributed by atoms with Crippen LogP contribution in [0.3, 0.4) is 0 Å². The lowest BCUT2D eigenvalue weighted by molar-refractivity contribution is 0.104. The monoisotopic (exact) mass is 133 g/mol. The molecule has 0 bridgehead atoms. The zero-order chi connectivity index (χ0) is 6.24. The lowest BCUT2D eigenvalue weighted by atomic mass is 10.6. The third-order valence-corrected chi connectivity index (χ3v) is 2.35. The van der Waals surface area contributed by atoms with Gasteiger partial charge in [-0.15, -0.1) is 0 Å². The molecule has 0 aliphatic rings. The lowest BCUT2D eigenvalue weighted by Crippen LogP contribution is -2.18. The maximum Gasteiger partial charge on any atom is 0.125 e. The standard InChI is InChI=1S/C5H15NOSi/c1-3-5-8-6-7-4-2/h6H,3-5,8H2,1-2H3. The predicted molar refractivity (Wildman–Crippen MR) is 38.4 cm³/mol. The Hall–Kier alpha value is 0.137. The van der Waals surface area contributed by atoms with Crippen molar-refractivity contribution in [1.29, 1.82) is 0 Å². The Morgan fingerprint density at radius 3 is 2.75 bits per heavy atom. The van der Waals surface area contributed by atoms with Gasteiger partial charge in [-0.2, -0.15) is 0 Å². The fraction of sp³-hybridized carbons (Fsp3) is 1.00. The van der Waals surface area contributed by atoms with E-state index in [9.17, 15) is 0 Å². The number of rotatable bonds is 5. The van der Waals surface area contributed by atoms with Crippen molar-refractivity contribution < 1.29 is 4.84 Å². The summed E-state index contributed by atoms with van der Waals surface area (Å²) in [5, 5.41) is 2.97. The Morgan fingerprint density at radius 1 is 1.50 bits per heavy atom. The van der Waals surface area contributed by atoms with Crippen LogP contribution in [-0.4, -0.2) is 16.3 Å². The maximum atomic E-state index is 4.95. The normalized spacial score (nSPS) is 11.2. The summed E-state index contributed by atoms with van der Waals surface area (Å²) in [6.07, 6.45) is 1.28. The number of nitrogens with one attached hydrogen (secondary N) is 1. The van der Waals surface area contributed by atoms with Crippen molar-refractivity contribution in [2.24, 2.45) is 0 Å². The topological polar surface area (TPSA) is 21.3 Å². The summed E-state index contributed by atoms with van der Waals surface area (Å²) in [6.45, 7) is 4.98. The number of hydrogen-bond donors (Lipinski definition) is 1. The molecular weight excluding hydrogens is 118 g/mol. The molecule has 0 aliphatic carbocycles. The Kier molecular flexibility index (Phi) is 7.26. The van der Waals surface area contributed by atoms with E-state index in [1.54, 1.807) is 0 Å². The van der Waals surface area contributed by atoms with Gasteiger partial charge in [0.2, 0.25) is 0 Å². The van der Waals surface area contributed by atoms with E-state index in [4.69, 9.17) is 4.84 Å². The average molecular weight is 133 g/mol. The molecule has 0 heterocycles. The van der Waals surface area contributed by atoms with E-state index in [0.717, 1.165) is 6.61 Å². The fourth-order valence-electron chi connectivity index (χ4n) is 0.423. The van der Waals surface area contributed by atoms with Crippen LogP contribution in [0.5, 0.6) is 0 Å². The van der Waals surface area contributed by atoms with Crippen LogP contribution < -0.4 is 5.15 Å². The summed E-state index contributed by atoms with van der Waals surface area (Å²) in [6, 6.07) is 1.33. The average Bonchev–Trinajstić information content (AvgIpc) is 1.81. The van der Waals surface area contributed by atoms with Gasteiger partial charge in [0.05, 0.1) is 6.61 Å². The second kappa shape index (κ2) is 7.14. The molecule has 0 fully saturated rings. The molecule has 0 unspecified atom stereocenters. The molecule has 0 aromatic carbocycles. The first-order valence-electron chi connectivity index (χ1n) is 3.26. The van der Waals surface area contributed by atoms with E-state index in [1.807, 2.05) is 6.92 Å². The molecule has 0 radical (unpaired) electrons. The van der Waals surface area contributed by atoms with Crippen molar-refractivity contribution in [3.05, 3.63) is 0 Å². The summed E-state index contributed by atoms with van der Waals surface area (Å²) in [5.74, 6) is 0. The van der Waals surface area contributed by atoms with Crippen molar-refractivity contribution >= 4 is 9.68 Å². The highest BCUT2D eigenvalue weighted by Crippen LogP contribution is 1.80. The summed E-state index contributed by atoms with van der Waals surface area (Å²) < 4.78 is 0. The van der Waals surface area contributed by atoms with Crippen molar-refractivity contribution in [3.63, 3.8) is 0 Å². The Bertz CT molecular complexity index is 37.4. The number of hydrogen-bond acceptors (Lipinski definition) is 2. The molecule has 0 aromatic rings. The van der Waals surface area contributed by atoms with Gasteiger partial charge in [-0.1, -0.05) is 13.3 Å². The molecule has 0 amide bonds. The molecule has 1 N–H and O–H groups in total. The highest BCUT2D eigenvalue weighted by atomic mass is 28.2. The molecule has 0 aromatic heterocycles. The van der Waals surface area contributed by atoms with Crippen molar-refractivity contribution in [2.45, 2.75) is 26.3 Å². The first-order valence-corrected chi connectivity index (χ1v) is 4.97. The van der Waals surface area contributed by atoms with Gasteiger partial charge in [0, 0.05) is 0 Å². The molecule has 8 heavy (non-hydrogen) atoms. The lowest BCUT2D eigenvalue weighted by Gasteiger charge is -1.98. The zero-order valence-electron chi connectivity index (χ0n) is 5.74. The van der Waals surface area contributed by atoms with Gasteiger partial charge in [-0.3, -0.25) is 0 Å². The van der Waals surface area contributed by atoms with Crippen LogP contribution in [0.2, 0.25) is 6.04 Å². The second-order valence-electron chi connectivity index (χ2n) is 1.68.